The summed E-state index contributed by atoms with van der Waals surface area (Å²) in [4.78, 5) is 59.6. The van der Waals surface area contributed by atoms with Crippen LogP contribution in [-0.2, 0) is 52.3 Å². The van der Waals surface area contributed by atoms with Gasteiger partial charge >= 0.3 is 29.8 Å². The van der Waals surface area contributed by atoms with Gasteiger partial charge in [-0.05, 0) is 37.2 Å². The van der Waals surface area contributed by atoms with Crippen molar-refractivity contribution in [2.45, 2.75) is 56.5 Å². The van der Waals surface area contributed by atoms with Gasteiger partial charge in [-0.25, -0.2) is 9.59 Å². The topological polar surface area (TPSA) is 329 Å². The first-order valence-electron chi connectivity index (χ1n) is 26.0. The smallest absolute Gasteiger partial charge is 0.336 e. The average Bonchev–Trinajstić information content (AvgIpc) is 3.88. The highest BCUT2D eigenvalue weighted by Crippen LogP contribution is 2.26. The van der Waals surface area contributed by atoms with E-state index >= 15 is 0 Å². The van der Waals surface area contributed by atoms with Gasteiger partial charge in [-0.2, -0.15) is 10.2 Å². The van der Waals surface area contributed by atoms with Gasteiger partial charge in [0.15, 0.2) is 11.2 Å². The number of ether oxygens (including phenoxy) is 2. The molecule has 22 nitrogen and oxygen atoms in total. The predicted octanol–water partition coefficient (Wildman–Crippen LogP) is -0.437. The maximum absolute atomic E-state index is 10.3. The van der Waals surface area contributed by atoms with E-state index in [1.807, 2.05) is 12.1 Å². The minimum Gasteiger partial charge on any atom is -0.550 e. The Kier molecular flexibility index (Phi) is 15.9. The van der Waals surface area contributed by atoms with E-state index in [0.29, 0.717) is 22.5 Å². The Bertz CT molecular complexity index is 2430. The minimum atomic E-state index is -3.16. The van der Waals surface area contributed by atoms with Crippen LogP contribution in [0.1, 0.15) is 89.8 Å². The van der Waals surface area contributed by atoms with E-state index in [2.05, 4.69) is 10.2 Å². The van der Waals surface area contributed by atoms with Crippen LogP contribution in [0.2, 0.25) is 0 Å². The quantitative estimate of drug-likeness (QED) is 0.0495. The largest absolute Gasteiger partial charge is 0.550 e. The van der Waals surface area contributed by atoms with E-state index < -0.39 is 144 Å². The van der Waals surface area contributed by atoms with Crippen LogP contribution in [0.3, 0.4) is 0 Å². The summed E-state index contributed by atoms with van der Waals surface area (Å²) in [5.41, 5.74) is -2.89. The van der Waals surface area contributed by atoms with Crippen molar-refractivity contribution >= 4 is 35.8 Å². The number of aryl methyl sites for hydroxylation is 2. The first-order chi connectivity index (χ1) is 36.2. The van der Waals surface area contributed by atoms with Crippen LogP contribution < -0.4 is 10.0 Å². The van der Waals surface area contributed by atoms with Crippen LogP contribution in [0.5, 0.6) is 0 Å². The van der Waals surface area contributed by atoms with Gasteiger partial charge < -0.3 is 64.9 Å². The number of carboxylic acid groups (broad SMARTS) is 6. The van der Waals surface area contributed by atoms with E-state index in [0.717, 1.165) is 0 Å². The highest BCUT2D eigenvalue weighted by Gasteiger charge is 2.41. The van der Waals surface area contributed by atoms with Gasteiger partial charge in [-0.3, -0.25) is 23.7 Å². The van der Waals surface area contributed by atoms with E-state index in [1.54, 1.807) is 96.5 Å². The maximum atomic E-state index is 10.3. The Labute approximate surface area is 399 Å². The lowest BCUT2D eigenvalue weighted by molar-refractivity contribution is -0.858. The molecule has 65 heavy (non-hydrogen) atoms. The molecule has 0 aliphatic heterocycles. The number of hydrogen-bond acceptors (Lipinski definition) is 14. The molecule has 0 aliphatic rings. The lowest BCUT2D eigenvalue weighted by atomic mass is 9.96. The van der Waals surface area contributed by atoms with E-state index in [9.17, 15) is 33.9 Å². The van der Waals surface area contributed by atoms with Gasteiger partial charge in [0, 0.05) is 56.3 Å². The number of nitrogens with one attached hydrogen (secondary N) is 1. The van der Waals surface area contributed by atoms with Crippen molar-refractivity contribution in [3.63, 3.8) is 0 Å². The second-order valence-electron chi connectivity index (χ2n) is 12.9. The number of nitrogens with zero attached hydrogens (tertiary/aromatic N) is 5. The molecular formula is C43H62N6O16. The van der Waals surface area contributed by atoms with Crippen LogP contribution in [0.4, 0.5) is 0 Å². The van der Waals surface area contributed by atoms with Gasteiger partial charge in [0.25, 0.3) is 0 Å². The zero-order valence-corrected chi connectivity index (χ0v) is 34.0. The third-order valence-electron chi connectivity index (χ3n) is 8.00. The molecule has 2 aromatic carbocycles. The summed E-state index contributed by atoms with van der Waals surface area (Å²) in [6.07, 6.45) is -3.09. The predicted molar refractivity (Wildman–Crippen MR) is 229 cm³/mol. The lowest BCUT2D eigenvalue weighted by Gasteiger charge is -2.21. The Balaban J connectivity index is 0.00000111. The molecule has 0 saturated carbocycles. The number of aliphatic carboxylic acids is 6. The van der Waals surface area contributed by atoms with E-state index in [4.69, 9.17) is 67.2 Å². The minimum absolute atomic E-state index is 0. The third-order valence-corrected chi connectivity index (χ3v) is 8.00. The van der Waals surface area contributed by atoms with Gasteiger partial charge in [-0.1, -0.05) is 68.1 Å². The van der Waals surface area contributed by atoms with Crippen molar-refractivity contribution < 1.29 is 106 Å². The number of aliphatic hydroxyl groups is 2. The van der Waals surface area contributed by atoms with Crippen molar-refractivity contribution in [1.29, 1.82) is 0 Å². The maximum Gasteiger partial charge on any atom is 0.336 e. The molecule has 360 valence electrons. The first kappa shape index (κ1) is 35.7. The summed E-state index contributed by atoms with van der Waals surface area (Å²) in [5, 5.41) is 77.5. The summed E-state index contributed by atoms with van der Waals surface area (Å²) >= 11 is 0. The van der Waals surface area contributed by atoms with Crippen LogP contribution in [0, 0.1) is 0 Å². The lowest BCUT2D eigenvalue weighted by Crippen LogP contribution is -3.06. The van der Waals surface area contributed by atoms with Crippen LogP contribution in [0.15, 0.2) is 85.2 Å². The SMILES string of the molecule is C.O=C(O)CC(O)(CC(=O)O)C(=O)O.O=C([O-])CC(O)(CC(=O)O)C(=O)O.[2H]C([2H])([2H])N(C([2H])([2H])[2H])C([2H])([2H])COC(c1ccccc1)c1ccnn1C.[2H]C([2H])([2H])[NH+](C([2H])([2H])[2H])C([2H])([2H])COC(c1ccccc1)c1ccnn1C. The third kappa shape index (κ3) is 22.1. The average molecular weight is 935 g/mol. The van der Waals surface area contributed by atoms with Crippen molar-refractivity contribution in [2.75, 3.05) is 54.1 Å². The molecule has 0 saturated heterocycles. The molecule has 0 aliphatic carbocycles. The number of likely N-dealkylation sites (N-methyl/N-ethyl adjacent to an activating group) is 2. The van der Waals surface area contributed by atoms with Gasteiger partial charge in [-0.15, -0.1) is 0 Å². The van der Waals surface area contributed by atoms with Gasteiger partial charge in [0.1, 0.15) is 18.7 Å². The first-order valence-corrected chi connectivity index (χ1v) is 18.0. The van der Waals surface area contributed by atoms with Crippen molar-refractivity contribution in [2.24, 2.45) is 14.1 Å². The molecule has 0 bridgehead atoms. The fraction of sp³-hybridized carbons (Fsp3) is 0.442. The molecule has 0 spiro atoms. The summed E-state index contributed by atoms with van der Waals surface area (Å²) < 4.78 is 136. The molecule has 3 unspecified atom stereocenters. The standard InChI is InChI=1S/2C15H21N3O.2C6H8O7.CH4/c2*1-17(2)11-12-19-15(13-7-5-4-6-8-13)14-9-10-16-18(14)3;2*7-3(8)1-6(13,5(11)12)2-4(9)10;/h2*4-10,15H,11-12H2,1-3H3;2*13H,1-2H2,(H,7,8)(H,9,10)(H,11,12);1H4/i2*1D3,2D3,11D2;;;. The highest BCUT2D eigenvalue weighted by molar-refractivity contribution is 5.88. The fourth-order valence-corrected chi connectivity index (χ4v) is 5.04. The van der Waals surface area contributed by atoms with Crippen LogP contribution in [-0.4, -0.2) is 161 Å². The summed E-state index contributed by atoms with van der Waals surface area (Å²) in [7, 11) is 3.39. The zero-order chi connectivity index (χ0) is 62.2. The van der Waals surface area contributed by atoms with Gasteiger partial charge in [0.2, 0.25) is 0 Å². The van der Waals surface area contributed by atoms with Gasteiger partial charge in [0.05, 0.1) is 68.8 Å². The molecule has 0 fully saturated rings. The van der Waals surface area contributed by atoms with Crippen LogP contribution >= 0.6 is 0 Å². The van der Waals surface area contributed by atoms with Crippen molar-refractivity contribution in [3.05, 3.63) is 108 Å². The summed E-state index contributed by atoms with van der Waals surface area (Å²) in [6, 6.07) is 21.3. The second-order valence-corrected chi connectivity index (χ2v) is 12.9. The van der Waals surface area contributed by atoms with E-state index in [-0.39, 0.29) is 12.3 Å². The Morgan fingerprint density at radius 2 is 1.08 bits per heavy atom. The van der Waals surface area contributed by atoms with Crippen molar-refractivity contribution in [3.8, 4) is 0 Å². The highest BCUT2D eigenvalue weighted by atomic mass is 16.5. The number of carboxylic acids is 6. The monoisotopic (exact) mass is 935 g/mol. The molecular weight excluding hydrogens is 856 g/mol. The Morgan fingerprint density at radius 1 is 0.692 bits per heavy atom. The molecule has 4 rings (SSSR count). The number of benzene rings is 2. The second kappa shape index (κ2) is 29.0. The molecule has 2 aromatic heterocycles. The number of rotatable bonds is 22. The number of aromatic nitrogens is 4. The number of carbonyl (C=O) groups is 6. The molecule has 4 aromatic rings. The van der Waals surface area contributed by atoms with Crippen LogP contribution in [0.25, 0.3) is 0 Å². The fourth-order valence-electron chi connectivity index (χ4n) is 5.04. The normalized spacial score (nSPS) is 17.4. The molecule has 22 heteroatoms. The zero-order valence-electron chi connectivity index (χ0n) is 50.0. The van der Waals surface area contributed by atoms with E-state index in [1.165, 1.54) is 0 Å². The number of carbonyl (C=O) groups excluding carboxylic acids is 1. The summed E-state index contributed by atoms with van der Waals surface area (Å²) in [5.74, 6) is -10.4. The molecule has 3 atom stereocenters. The summed E-state index contributed by atoms with van der Waals surface area (Å²) in [6.45, 7) is -19.4. The Morgan fingerprint density at radius 3 is 1.38 bits per heavy atom. The van der Waals surface area contributed by atoms with Crippen molar-refractivity contribution in [1.82, 2.24) is 24.5 Å². The molecule has 8 N–H and O–H groups in total. The number of hydrogen-bond donors (Lipinski definition) is 8. The Hall–Kier alpha value is -6.56. The number of quaternary nitrogens is 1. The molecule has 0 radical (unpaired) electrons. The molecule has 2 heterocycles. The molecule has 0 amide bonds.